The van der Waals surface area contributed by atoms with Gasteiger partial charge in [-0.1, -0.05) is 6.42 Å². The molecule has 1 saturated carbocycles. The quantitative estimate of drug-likeness (QED) is 0.806. The summed E-state index contributed by atoms with van der Waals surface area (Å²) in [7, 11) is 0. The number of aromatic nitrogens is 3. The molecule has 15 heavy (non-hydrogen) atoms. The average Bonchev–Trinajstić information content (AvgIpc) is 2.57. The van der Waals surface area contributed by atoms with Gasteiger partial charge in [0, 0.05) is 13.0 Å². The Balaban J connectivity index is 2.17. The van der Waals surface area contributed by atoms with Gasteiger partial charge in [0.25, 0.3) is 0 Å². The van der Waals surface area contributed by atoms with Crippen molar-refractivity contribution in [1.82, 2.24) is 14.8 Å². The summed E-state index contributed by atoms with van der Waals surface area (Å²) in [5.74, 6) is 0.0963. The first kappa shape index (κ1) is 10.1. The van der Waals surface area contributed by atoms with Gasteiger partial charge in [-0.15, -0.1) is 0 Å². The van der Waals surface area contributed by atoms with E-state index in [-0.39, 0.29) is 0 Å². The molecule has 5 nitrogen and oxygen atoms in total. The van der Waals surface area contributed by atoms with Crippen molar-refractivity contribution < 1.29 is 9.90 Å². The Labute approximate surface area is 88.1 Å². The largest absolute Gasteiger partial charge is 0.481 e. The molecule has 0 bridgehead atoms. The fourth-order valence-corrected chi connectivity index (χ4v) is 2.06. The fourth-order valence-electron chi connectivity index (χ4n) is 2.06. The van der Waals surface area contributed by atoms with Gasteiger partial charge in [0.1, 0.15) is 12.2 Å². The zero-order valence-corrected chi connectivity index (χ0v) is 8.81. The van der Waals surface area contributed by atoms with Crippen LogP contribution in [0.4, 0.5) is 0 Å². The standard InChI is InChI=1S/C10H15N3O2/c1-2-13-8(11-7-12-13)6-10(9(14)15)4-3-5-10/h7H,2-6H2,1H3,(H,14,15). The lowest BCUT2D eigenvalue weighted by molar-refractivity contribution is -0.154. The summed E-state index contributed by atoms with van der Waals surface area (Å²) < 4.78 is 1.77. The van der Waals surface area contributed by atoms with Gasteiger partial charge < -0.3 is 5.11 Å². The molecular formula is C10H15N3O2. The van der Waals surface area contributed by atoms with E-state index in [9.17, 15) is 9.90 Å². The van der Waals surface area contributed by atoms with E-state index in [1.165, 1.54) is 6.33 Å². The minimum absolute atomic E-state index is 0.510. The Kier molecular flexibility index (Phi) is 2.46. The number of hydrogen-bond acceptors (Lipinski definition) is 3. The number of carboxylic acids is 1. The summed E-state index contributed by atoms with van der Waals surface area (Å²) in [5.41, 5.74) is -0.569. The highest BCUT2D eigenvalue weighted by atomic mass is 16.4. The Morgan fingerprint density at radius 2 is 2.40 bits per heavy atom. The first-order valence-corrected chi connectivity index (χ1v) is 5.28. The van der Waals surface area contributed by atoms with E-state index in [1.54, 1.807) is 4.68 Å². The zero-order chi connectivity index (χ0) is 10.9. The van der Waals surface area contributed by atoms with Crippen molar-refractivity contribution in [3.8, 4) is 0 Å². The molecule has 1 N–H and O–H groups in total. The van der Waals surface area contributed by atoms with E-state index in [2.05, 4.69) is 10.1 Å². The van der Waals surface area contributed by atoms with Crippen LogP contribution in [0.15, 0.2) is 6.33 Å². The molecule has 0 radical (unpaired) electrons. The molecule has 1 aromatic heterocycles. The Hall–Kier alpha value is -1.39. The molecular weight excluding hydrogens is 194 g/mol. The maximum Gasteiger partial charge on any atom is 0.310 e. The van der Waals surface area contributed by atoms with Crippen LogP contribution in [0.25, 0.3) is 0 Å². The van der Waals surface area contributed by atoms with Crippen LogP contribution in [0.5, 0.6) is 0 Å². The topological polar surface area (TPSA) is 68.0 Å². The summed E-state index contributed by atoms with van der Waals surface area (Å²) in [6.45, 7) is 2.72. The lowest BCUT2D eigenvalue weighted by atomic mass is 9.66. The van der Waals surface area contributed by atoms with E-state index in [4.69, 9.17) is 0 Å². The van der Waals surface area contributed by atoms with Crippen LogP contribution >= 0.6 is 0 Å². The summed E-state index contributed by atoms with van der Waals surface area (Å²) in [6.07, 6.45) is 4.54. The van der Waals surface area contributed by atoms with E-state index < -0.39 is 11.4 Å². The number of aryl methyl sites for hydroxylation is 1. The van der Waals surface area contributed by atoms with Crippen LogP contribution < -0.4 is 0 Å². The molecule has 0 amide bonds. The van der Waals surface area contributed by atoms with Crippen molar-refractivity contribution in [1.29, 1.82) is 0 Å². The predicted octanol–water partition coefficient (Wildman–Crippen LogP) is 1.10. The van der Waals surface area contributed by atoms with Gasteiger partial charge >= 0.3 is 5.97 Å². The van der Waals surface area contributed by atoms with Crippen LogP contribution in [0, 0.1) is 5.41 Å². The summed E-state index contributed by atoms with van der Waals surface area (Å²) >= 11 is 0. The van der Waals surface area contributed by atoms with Crippen LogP contribution in [0.3, 0.4) is 0 Å². The van der Waals surface area contributed by atoms with Crippen LogP contribution in [-0.2, 0) is 17.8 Å². The van der Waals surface area contributed by atoms with Crippen molar-refractivity contribution >= 4 is 5.97 Å². The Morgan fingerprint density at radius 3 is 2.87 bits per heavy atom. The van der Waals surface area contributed by atoms with Crippen molar-refractivity contribution in [2.24, 2.45) is 5.41 Å². The number of aliphatic carboxylic acids is 1. The normalized spacial score (nSPS) is 18.5. The maximum absolute atomic E-state index is 11.2. The highest BCUT2D eigenvalue weighted by Crippen LogP contribution is 2.43. The Morgan fingerprint density at radius 1 is 1.67 bits per heavy atom. The van der Waals surface area contributed by atoms with Gasteiger partial charge in [-0.25, -0.2) is 4.98 Å². The molecule has 82 valence electrons. The molecule has 0 saturated heterocycles. The number of hydrogen-bond donors (Lipinski definition) is 1. The maximum atomic E-state index is 11.2. The molecule has 0 spiro atoms. The van der Waals surface area contributed by atoms with Gasteiger partial charge in [0.2, 0.25) is 0 Å². The van der Waals surface area contributed by atoms with Gasteiger partial charge in [-0.3, -0.25) is 9.48 Å². The fraction of sp³-hybridized carbons (Fsp3) is 0.700. The molecule has 5 heteroatoms. The van der Waals surface area contributed by atoms with Crippen LogP contribution in [0.1, 0.15) is 32.0 Å². The summed E-state index contributed by atoms with van der Waals surface area (Å²) in [6, 6.07) is 0. The number of rotatable bonds is 4. The van der Waals surface area contributed by atoms with E-state index >= 15 is 0 Å². The summed E-state index contributed by atoms with van der Waals surface area (Å²) in [4.78, 5) is 15.3. The molecule has 0 aliphatic heterocycles. The van der Waals surface area contributed by atoms with Crippen molar-refractivity contribution in [3.05, 3.63) is 12.2 Å². The first-order valence-electron chi connectivity index (χ1n) is 5.28. The van der Waals surface area contributed by atoms with Gasteiger partial charge in [-0.2, -0.15) is 5.10 Å². The lowest BCUT2D eigenvalue weighted by Crippen LogP contribution is -2.40. The Bertz CT molecular complexity index is 368. The predicted molar refractivity (Wildman–Crippen MR) is 53.3 cm³/mol. The van der Waals surface area contributed by atoms with E-state index in [0.29, 0.717) is 6.42 Å². The van der Waals surface area contributed by atoms with Gasteiger partial charge in [-0.05, 0) is 19.8 Å². The molecule has 0 aromatic carbocycles. The SMILES string of the molecule is CCn1ncnc1CC1(C(=O)O)CCC1. The molecule has 1 heterocycles. The number of carbonyl (C=O) groups is 1. The third-order valence-electron chi connectivity index (χ3n) is 3.26. The van der Waals surface area contributed by atoms with Gasteiger partial charge in [0.05, 0.1) is 5.41 Å². The highest BCUT2D eigenvalue weighted by molar-refractivity contribution is 5.76. The minimum atomic E-state index is -0.695. The lowest BCUT2D eigenvalue weighted by Gasteiger charge is -2.37. The van der Waals surface area contributed by atoms with E-state index in [1.807, 2.05) is 6.92 Å². The third-order valence-corrected chi connectivity index (χ3v) is 3.26. The van der Waals surface area contributed by atoms with Crippen LogP contribution in [0.2, 0.25) is 0 Å². The second-order valence-electron chi connectivity index (χ2n) is 4.11. The van der Waals surface area contributed by atoms with Gasteiger partial charge in [0.15, 0.2) is 0 Å². The van der Waals surface area contributed by atoms with E-state index in [0.717, 1.165) is 31.6 Å². The summed E-state index contributed by atoms with van der Waals surface area (Å²) in [5, 5.41) is 13.2. The van der Waals surface area contributed by atoms with Crippen molar-refractivity contribution in [2.45, 2.75) is 39.2 Å². The monoisotopic (exact) mass is 209 g/mol. The molecule has 0 atom stereocenters. The average molecular weight is 209 g/mol. The number of nitrogens with zero attached hydrogens (tertiary/aromatic N) is 3. The van der Waals surface area contributed by atoms with Crippen molar-refractivity contribution in [3.63, 3.8) is 0 Å². The van der Waals surface area contributed by atoms with Crippen LogP contribution in [-0.4, -0.2) is 25.8 Å². The van der Waals surface area contributed by atoms with Crippen molar-refractivity contribution in [2.75, 3.05) is 0 Å². The minimum Gasteiger partial charge on any atom is -0.481 e. The zero-order valence-electron chi connectivity index (χ0n) is 8.81. The molecule has 2 rings (SSSR count). The number of carboxylic acid groups (broad SMARTS) is 1. The third kappa shape index (κ3) is 1.62. The smallest absolute Gasteiger partial charge is 0.310 e. The molecule has 0 unspecified atom stereocenters. The molecule has 1 fully saturated rings. The second-order valence-corrected chi connectivity index (χ2v) is 4.11. The molecule has 1 aliphatic rings. The molecule has 1 aromatic rings. The first-order chi connectivity index (χ1) is 7.18. The second kappa shape index (κ2) is 3.64. The highest BCUT2D eigenvalue weighted by Gasteiger charge is 2.45. The molecule has 1 aliphatic carbocycles.